The van der Waals surface area contributed by atoms with E-state index in [9.17, 15) is 13.2 Å². The molecule has 112 valence electrons. The normalized spacial score (nSPS) is 11.4. The summed E-state index contributed by atoms with van der Waals surface area (Å²) in [5.41, 5.74) is 1.21. The number of imidazole rings is 1. The molecule has 0 bridgehead atoms. The molecule has 1 N–H and O–H groups in total. The summed E-state index contributed by atoms with van der Waals surface area (Å²) in [6, 6.07) is 6.05. The molecule has 0 aliphatic rings. The van der Waals surface area contributed by atoms with Crippen molar-refractivity contribution in [2.45, 2.75) is 32.1 Å². The number of nitrogens with one attached hydrogen (secondary N) is 1. The number of aromatic nitrogens is 2. The second-order valence-corrected chi connectivity index (χ2v) is 6.47. The van der Waals surface area contributed by atoms with E-state index in [1.165, 1.54) is 29.2 Å². The minimum Gasteiger partial charge on any atom is -0.326 e. The van der Waals surface area contributed by atoms with Crippen molar-refractivity contribution in [1.29, 1.82) is 0 Å². The maximum atomic E-state index is 12.6. The minimum absolute atomic E-state index is 0.156. The van der Waals surface area contributed by atoms with Crippen LogP contribution in [0.3, 0.4) is 0 Å². The van der Waals surface area contributed by atoms with E-state index in [2.05, 4.69) is 10.3 Å². The van der Waals surface area contributed by atoms with Crippen LogP contribution in [0.1, 0.15) is 25.4 Å². The van der Waals surface area contributed by atoms with E-state index in [1.807, 2.05) is 6.92 Å². The first kappa shape index (κ1) is 15.2. The van der Waals surface area contributed by atoms with Gasteiger partial charge in [-0.25, -0.2) is 17.4 Å². The lowest BCUT2D eigenvalue weighted by Crippen LogP contribution is -2.15. The fourth-order valence-electron chi connectivity index (χ4n) is 2.00. The third-order valence-electron chi connectivity index (χ3n) is 2.91. The number of anilines is 1. The summed E-state index contributed by atoms with van der Waals surface area (Å²) in [5, 5.41) is 2.60. The van der Waals surface area contributed by atoms with Crippen molar-refractivity contribution in [1.82, 2.24) is 8.96 Å². The highest BCUT2D eigenvalue weighted by Crippen LogP contribution is 2.19. The molecule has 2 aromatic rings. The Bertz CT molecular complexity index is 761. The zero-order valence-electron chi connectivity index (χ0n) is 12.1. The van der Waals surface area contributed by atoms with Crippen molar-refractivity contribution in [3.8, 4) is 0 Å². The molecule has 6 nitrogen and oxygen atoms in total. The molecule has 2 rings (SSSR count). The van der Waals surface area contributed by atoms with Crippen molar-refractivity contribution in [3.63, 3.8) is 0 Å². The zero-order valence-corrected chi connectivity index (χ0v) is 12.9. The van der Waals surface area contributed by atoms with Crippen molar-refractivity contribution < 1.29 is 13.2 Å². The number of amides is 1. The van der Waals surface area contributed by atoms with Gasteiger partial charge in [0.1, 0.15) is 5.82 Å². The Labute approximate surface area is 123 Å². The van der Waals surface area contributed by atoms with Crippen LogP contribution in [-0.4, -0.2) is 23.3 Å². The summed E-state index contributed by atoms with van der Waals surface area (Å²) in [4.78, 5) is 15.3. The summed E-state index contributed by atoms with van der Waals surface area (Å²) >= 11 is 0. The number of benzene rings is 1. The van der Waals surface area contributed by atoms with Crippen LogP contribution in [0.15, 0.2) is 35.4 Å². The number of aryl methyl sites for hydroxylation is 2. The predicted octanol–water partition coefficient (Wildman–Crippen LogP) is 1.95. The standard InChI is InChI=1S/C14H17N3O3S/c1-4-14-15-10(2)9-17(14)21(19,20)13-7-5-12(6-8-13)16-11(3)18/h5-9H,4H2,1-3H3,(H,16,18). The van der Waals surface area contributed by atoms with E-state index < -0.39 is 10.0 Å². The molecule has 0 aliphatic heterocycles. The molecule has 0 saturated carbocycles. The van der Waals surface area contributed by atoms with Crippen LogP contribution < -0.4 is 5.32 Å². The second-order valence-electron chi connectivity index (χ2n) is 4.66. The van der Waals surface area contributed by atoms with E-state index in [-0.39, 0.29) is 10.8 Å². The Hall–Kier alpha value is -2.15. The number of hydrogen-bond donors (Lipinski definition) is 1. The molecule has 7 heteroatoms. The second kappa shape index (κ2) is 5.69. The minimum atomic E-state index is -3.66. The van der Waals surface area contributed by atoms with Gasteiger partial charge in [-0.1, -0.05) is 6.92 Å². The summed E-state index contributed by atoms with van der Waals surface area (Å²) in [7, 11) is -3.66. The van der Waals surface area contributed by atoms with Gasteiger partial charge in [-0.3, -0.25) is 4.79 Å². The Morgan fingerprint density at radius 3 is 2.43 bits per heavy atom. The van der Waals surface area contributed by atoms with Crippen LogP contribution in [0.5, 0.6) is 0 Å². The first-order chi connectivity index (χ1) is 9.84. The van der Waals surface area contributed by atoms with Gasteiger partial charge in [0.25, 0.3) is 10.0 Å². The van der Waals surface area contributed by atoms with Crippen LogP contribution in [0, 0.1) is 6.92 Å². The fraction of sp³-hybridized carbons (Fsp3) is 0.286. The van der Waals surface area contributed by atoms with Gasteiger partial charge in [-0.2, -0.15) is 0 Å². The largest absolute Gasteiger partial charge is 0.326 e. The maximum Gasteiger partial charge on any atom is 0.269 e. The Morgan fingerprint density at radius 1 is 1.29 bits per heavy atom. The smallest absolute Gasteiger partial charge is 0.269 e. The molecule has 1 amide bonds. The van der Waals surface area contributed by atoms with Crippen LogP contribution in [0.25, 0.3) is 0 Å². The molecule has 0 spiro atoms. The molecule has 0 aliphatic carbocycles. The molecule has 0 atom stereocenters. The van der Waals surface area contributed by atoms with Gasteiger partial charge in [-0.05, 0) is 31.2 Å². The number of rotatable bonds is 4. The van der Waals surface area contributed by atoms with Crippen LogP contribution in [-0.2, 0) is 21.2 Å². The number of hydrogen-bond acceptors (Lipinski definition) is 4. The Morgan fingerprint density at radius 2 is 1.90 bits per heavy atom. The average molecular weight is 307 g/mol. The Balaban J connectivity index is 2.41. The molecular weight excluding hydrogens is 290 g/mol. The average Bonchev–Trinajstić information content (AvgIpc) is 2.80. The maximum absolute atomic E-state index is 12.6. The Kier molecular flexibility index (Phi) is 4.13. The highest BCUT2D eigenvalue weighted by molar-refractivity contribution is 7.90. The summed E-state index contributed by atoms with van der Waals surface area (Å²) in [6.07, 6.45) is 2.03. The molecule has 1 heterocycles. The SMILES string of the molecule is CCc1nc(C)cn1S(=O)(=O)c1ccc(NC(C)=O)cc1. The van der Waals surface area contributed by atoms with E-state index in [0.717, 1.165) is 0 Å². The van der Waals surface area contributed by atoms with Gasteiger partial charge in [0, 0.05) is 25.2 Å². The van der Waals surface area contributed by atoms with E-state index in [1.54, 1.807) is 19.1 Å². The van der Waals surface area contributed by atoms with Gasteiger partial charge < -0.3 is 5.32 Å². The van der Waals surface area contributed by atoms with Gasteiger partial charge >= 0.3 is 0 Å². The summed E-state index contributed by atoms with van der Waals surface area (Å²) in [5.74, 6) is 0.294. The molecular formula is C14H17N3O3S. The van der Waals surface area contributed by atoms with Crippen LogP contribution in [0.4, 0.5) is 5.69 Å². The third kappa shape index (κ3) is 3.13. The quantitative estimate of drug-likeness (QED) is 0.936. The molecule has 1 aromatic carbocycles. The lowest BCUT2D eigenvalue weighted by molar-refractivity contribution is -0.114. The van der Waals surface area contributed by atoms with Crippen molar-refractivity contribution >= 4 is 21.6 Å². The molecule has 21 heavy (non-hydrogen) atoms. The highest BCUT2D eigenvalue weighted by Gasteiger charge is 2.20. The lowest BCUT2D eigenvalue weighted by Gasteiger charge is -2.09. The number of carbonyl (C=O) groups is 1. The molecule has 0 saturated heterocycles. The highest BCUT2D eigenvalue weighted by atomic mass is 32.2. The van der Waals surface area contributed by atoms with Crippen molar-refractivity contribution in [2.24, 2.45) is 0 Å². The summed E-state index contributed by atoms with van der Waals surface area (Å²) in [6.45, 7) is 5.01. The topological polar surface area (TPSA) is 81.1 Å². The van der Waals surface area contributed by atoms with Crippen molar-refractivity contribution in [3.05, 3.63) is 42.0 Å². The zero-order chi connectivity index (χ0) is 15.6. The number of carbonyl (C=O) groups excluding carboxylic acids is 1. The van der Waals surface area contributed by atoms with Crippen molar-refractivity contribution in [2.75, 3.05) is 5.32 Å². The van der Waals surface area contributed by atoms with E-state index >= 15 is 0 Å². The molecule has 1 aromatic heterocycles. The third-order valence-corrected chi connectivity index (χ3v) is 4.61. The molecule has 0 unspecified atom stereocenters. The summed E-state index contributed by atoms with van der Waals surface area (Å²) < 4.78 is 26.4. The first-order valence-corrected chi connectivity index (χ1v) is 7.96. The van der Waals surface area contributed by atoms with Gasteiger partial charge in [-0.15, -0.1) is 0 Å². The van der Waals surface area contributed by atoms with Crippen LogP contribution in [0.2, 0.25) is 0 Å². The van der Waals surface area contributed by atoms with E-state index in [4.69, 9.17) is 0 Å². The number of nitrogens with zero attached hydrogens (tertiary/aromatic N) is 2. The van der Waals surface area contributed by atoms with E-state index in [0.29, 0.717) is 23.6 Å². The van der Waals surface area contributed by atoms with Gasteiger partial charge in [0.2, 0.25) is 5.91 Å². The predicted molar refractivity (Wildman–Crippen MR) is 79.7 cm³/mol. The molecule has 0 radical (unpaired) electrons. The lowest BCUT2D eigenvalue weighted by atomic mass is 10.3. The first-order valence-electron chi connectivity index (χ1n) is 6.52. The monoisotopic (exact) mass is 307 g/mol. The van der Waals surface area contributed by atoms with Gasteiger partial charge in [0.15, 0.2) is 0 Å². The van der Waals surface area contributed by atoms with Gasteiger partial charge in [0.05, 0.1) is 10.6 Å². The van der Waals surface area contributed by atoms with Crippen LogP contribution >= 0.6 is 0 Å². The molecule has 0 fully saturated rings. The fourth-order valence-corrected chi connectivity index (χ4v) is 3.44.